The predicted octanol–water partition coefficient (Wildman–Crippen LogP) is 3.79. The summed E-state index contributed by atoms with van der Waals surface area (Å²) in [5.74, 6) is 1.60. The molecule has 34 heavy (non-hydrogen) atoms. The third kappa shape index (κ3) is 3.79. The van der Waals surface area contributed by atoms with Gasteiger partial charge in [-0.3, -0.25) is 9.59 Å². The van der Waals surface area contributed by atoms with Gasteiger partial charge in [-0.1, -0.05) is 0 Å². The summed E-state index contributed by atoms with van der Waals surface area (Å²) in [6.45, 7) is 4.40. The van der Waals surface area contributed by atoms with Crippen molar-refractivity contribution >= 4 is 29.0 Å². The average molecular weight is 460 g/mol. The number of ether oxygens (including phenoxy) is 2. The van der Waals surface area contributed by atoms with Gasteiger partial charge in [0.15, 0.2) is 0 Å². The largest absolute Gasteiger partial charge is 0.485 e. The van der Waals surface area contributed by atoms with Crippen molar-refractivity contribution in [2.45, 2.75) is 20.0 Å². The van der Waals surface area contributed by atoms with Crippen molar-refractivity contribution in [3.05, 3.63) is 53.9 Å². The molecular formula is C25H25N5O4. The van der Waals surface area contributed by atoms with Crippen molar-refractivity contribution in [1.82, 2.24) is 14.9 Å². The smallest absolute Gasteiger partial charge is 0.253 e. The standard InChI is InChI=1S/C25H25N5O4/c1-14-19-11-23(28-17-10-21-24(27-12-17)33-8-7-30(21)15(2)31)26-13-20(19)18-6-5-16(9-22(18)34-14)25(32)29(3)4/h5-6,9-14H,7-8H2,1-4H3,(H,26,28). The third-order valence-electron chi connectivity index (χ3n) is 5.93. The molecule has 2 aliphatic heterocycles. The van der Waals surface area contributed by atoms with Crippen LogP contribution in [0.1, 0.15) is 35.9 Å². The molecule has 3 aromatic rings. The van der Waals surface area contributed by atoms with Gasteiger partial charge in [-0.15, -0.1) is 0 Å². The molecule has 1 aromatic carbocycles. The van der Waals surface area contributed by atoms with Crippen LogP contribution in [0.15, 0.2) is 42.7 Å². The third-order valence-corrected chi connectivity index (χ3v) is 5.93. The Balaban J connectivity index is 1.45. The number of anilines is 3. The number of fused-ring (bicyclic) bond motifs is 4. The van der Waals surface area contributed by atoms with Gasteiger partial charge >= 0.3 is 0 Å². The Morgan fingerprint density at radius 3 is 2.71 bits per heavy atom. The Bertz CT molecular complexity index is 1310. The van der Waals surface area contributed by atoms with E-state index >= 15 is 0 Å². The molecule has 1 atom stereocenters. The van der Waals surface area contributed by atoms with Gasteiger partial charge in [0.25, 0.3) is 5.91 Å². The summed E-state index contributed by atoms with van der Waals surface area (Å²) in [6.07, 6.45) is 3.24. The molecule has 1 N–H and O–H groups in total. The zero-order valence-electron chi connectivity index (χ0n) is 19.5. The number of aromatic nitrogens is 2. The maximum Gasteiger partial charge on any atom is 0.253 e. The summed E-state index contributed by atoms with van der Waals surface area (Å²) in [6, 6.07) is 9.27. The van der Waals surface area contributed by atoms with Crippen molar-refractivity contribution in [2.75, 3.05) is 37.5 Å². The lowest BCUT2D eigenvalue weighted by Crippen LogP contribution is -2.36. The van der Waals surface area contributed by atoms with Crippen molar-refractivity contribution in [3.8, 4) is 22.8 Å². The minimum Gasteiger partial charge on any atom is -0.485 e. The van der Waals surface area contributed by atoms with E-state index < -0.39 is 0 Å². The molecule has 0 bridgehead atoms. The number of amides is 2. The minimum absolute atomic E-state index is 0.0597. The van der Waals surface area contributed by atoms with E-state index in [2.05, 4.69) is 15.3 Å². The van der Waals surface area contributed by atoms with E-state index in [0.717, 1.165) is 16.7 Å². The molecular weight excluding hydrogens is 434 g/mol. The predicted molar refractivity (Wildman–Crippen MR) is 128 cm³/mol. The fourth-order valence-corrected chi connectivity index (χ4v) is 4.23. The van der Waals surface area contributed by atoms with Gasteiger partial charge in [-0.25, -0.2) is 9.97 Å². The van der Waals surface area contributed by atoms with Gasteiger partial charge in [0.1, 0.15) is 30.0 Å². The van der Waals surface area contributed by atoms with Gasteiger partial charge in [-0.2, -0.15) is 0 Å². The summed E-state index contributed by atoms with van der Waals surface area (Å²) in [5, 5.41) is 3.27. The average Bonchev–Trinajstić information content (AvgIpc) is 2.82. The number of benzene rings is 1. The number of pyridine rings is 2. The van der Waals surface area contributed by atoms with Crippen molar-refractivity contribution in [1.29, 1.82) is 0 Å². The SMILES string of the molecule is CC(=O)N1CCOc2ncc(Nc3cc4c(cn3)-c3ccc(C(=O)N(C)C)cc3OC4C)cc21. The van der Waals surface area contributed by atoms with Crippen LogP contribution in [-0.2, 0) is 4.79 Å². The van der Waals surface area contributed by atoms with Gasteiger partial charge in [0.05, 0.1) is 18.4 Å². The topological polar surface area (TPSA) is 96.9 Å². The van der Waals surface area contributed by atoms with Crippen LogP contribution in [0.3, 0.4) is 0 Å². The van der Waals surface area contributed by atoms with Crippen LogP contribution in [0.4, 0.5) is 17.2 Å². The Morgan fingerprint density at radius 1 is 1.12 bits per heavy atom. The van der Waals surface area contributed by atoms with Gasteiger partial charge in [0, 0.05) is 49.5 Å². The van der Waals surface area contributed by atoms with Crippen LogP contribution in [0, 0.1) is 0 Å². The highest BCUT2D eigenvalue weighted by Crippen LogP contribution is 2.43. The highest BCUT2D eigenvalue weighted by molar-refractivity contribution is 5.96. The molecule has 9 nitrogen and oxygen atoms in total. The number of hydrogen-bond acceptors (Lipinski definition) is 7. The first-order chi connectivity index (χ1) is 16.3. The first kappa shape index (κ1) is 21.7. The minimum atomic E-state index is -0.223. The fourth-order valence-electron chi connectivity index (χ4n) is 4.23. The molecule has 0 fully saturated rings. The lowest BCUT2D eigenvalue weighted by molar-refractivity contribution is -0.116. The van der Waals surface area contributed by atoms with E-state index in [-0.39, 0.29) is 17.9 Å². The van der Waals surface area contributed by atoms with E-state index in [4.69, 9.17) is 9.47 Å². The maximum absolute atomic E-state index is 12.3. The van der Waals surface area contributed by atoms with E-state index in [0.29, 0.717) is 47.5 Å². The molecule has 0 radical (unpaired) electrons. The number of carbonyl (C=O) groups is 2. The molecule has 2 aromatic heterocycles. The first-order valence-corrected chi connectivity index (χ1v) is 11.0. The van der Waals surface area contributed by atoms with Gasteiger partial charge in [0.2, 0.25) is 11.8 Å². The summed E-state index contributed by atoms with van der Waals surface area (Å²) >= 11 is 0. The second kappa shape index (κ2) is 8.33. The van der Waals surface area contributed by atoms with E-state index in [1.807, 2.05) is 25.1 Å². The quantitative estimate of drug-likeness (QED) is 0.637. The van der Waals surface area contributed by atoms with Crippen LogP contribution in [0.25, 0.3) is 11.1 Å². The molecule has 1 unspecified atom stereocenters. The van der Waals surface area contributed by atoms with Crippen LogP contribution in [-0.4, -0.2) is 53.9 Å². The van der Waals surface area contributed by atoms with E-state index in [1.165, 1.54) is 6.92 Å². The second-order valence-electron chi connectivity index (χ2n) is 8.52. The monoisotopic (exact) mass is 459 g/mol. The van der Waals surface area contributed by atoms with E-state index in [9.17, 15) is 9.59 Å². The maximum atomic E-state index is 12.3. The zero-order valence-corrected chi connectivity index (χ0v) is 19.5. The molecule has 9 heteroatoms. The molecule has 2 aliphatic rings. The van der Waals surface area contributed by atoms with Crippen LogP contribution in [0.2, 0.25) is 0 Å². The normalized spacial score (nSPS) is 15.8. The highest BCUT2D eigenvalue weighted by Gasteiger charge is 2.26. The second-order valence-corrected chi connectivity index (χ2v) is 8.52. The zero-order chi connectivity index (χ0) is 24.0. The van der Waals surface area contributed by atoms with Crippen molar-refractivity contribution < 1.29 is 19.1 Å². The van der Waals surface area contributed by atoms with Crippen LogP contribution in [0.5, 0.6) is 11.6 Å². The van der Waals surface area contributed by atoms with Crippen molar-refractivity contribution in [2.24, 2.45) is 0 Å². The number of hydrogen-bond donors (Lipinski definition) is 1. The number of rotatable bonds is 3. The molecule has 174 valence electrons. The van der Waals surface area contributed by atoms with Crippen LogP contribution < -0.4 is 19.7 Å². The summed E-state index contributed by atoms with van der Waals surface area (Å²) < 4.78 is 11.7. The van der Waals surface area contributed by atoms with Gasteiger partial charge in [-0.05, 0) is 37.3 Å². The molecule has 0 spiro atoms. The van der Waals surface area contributed by atoms with E-state index in [1.54, 1.807) is 48.4 Å². The van der Waals surface area contributed by atoms with Crippen LogP contribution >= 0.6 is 0 Å². The Labute approximate surface area is 197 Å². The molecule has 2 amide bonds. The first-order valence-electron chi connectivity index (χ1n) is 11.0. The summed E-state index contributed by atoms with van der Waals surface area (Å²) in [7, 11) is 3.45. The molecule has 0 saturated heterocycles. The fraction of sp³-hybridized carbons (Fsp3) is 0.280. The Kier molecular flexibility index (Phi) is 5.31. The Hall–Kier alpha value is -4.14. The van der Waals surface area contributed by atoms with Crippen molar-refractivity contribution in [3.63, 3.8) is 0 Å². The lowest BCUT2D eigenvalue weighted by atomic mass is 9.94. The molecule has 5 rings (SSSR count). The Morgan fingerprint density at radius 2 is 1.94 bits per heavy atom. The summed E-state index contributed by atoms with van der Waals surface area (Å²) in [4.78, 5) is 36.5. The summed E-state index contributed by atoms with van der Waals surface area (Å²) in [5.41, 5.74) is 4.75. The molecule has 4 heterocycles. The highest BCUT2D eigenvalue weighted by atomic mass is 16.5. The van der Waals surface area contributed by atoms with Gasteiger partial charge < -0.3 is 24.6 Å². The molecule has 0 saturated carbocycles. The lowest BCUT2D eigenvalue weighted by Gasteiger charge is -2.28. The number of carbonyl (C=O) groups excluding carboxylic acids is 2. The number of nitrogens with zero attached hydrogens (tertiary/aromatic N) is 4. The number of nitrogens with one attached hydrogen (secondary N) is 1. The molecule has 0 aliphatic carbocycles.